The van der Waals surface area contributed by atoms with E-state index in [2.05, 4.69) is 10.3 Å². The summed E-state index contributed by atoms with van der Waals surface area (Å²) in [7, 11) is 0. The maximum absolute atomic E-state index is 12.0. The van der Waals surface area contributed by atoms with Gasteiger partial charge < -0.3 is 24.9 Å². The van der Waals surface area contributed by atoms with Gasteiger partial charge in [-0.05, 0) is 53.9 Å². The zero-order chi connectivity index (χ0) is 25.7. The molecule has 36 heavy (non-hydrogen) atoms. The van der Waals surface area contributed by atoms with Gasteiger partial charge in [0.15, 0.2) is 11.5 Å². The van der Waals surface area contributed by atoms with Crippen LogP contribution in [0.4, 0.5) is 0 Å². The second kappa shape index (κ2) is 11.9. The lowest BCUT2D eigenvalue weighted by Crippen LogP contribution is -2.38. The van der Waals surface area contributed by atoms with Crippen LogP contribution in [-0.4, -0.2) is 28.7 Å². The second-order valence-corrected chi connectivity index (χ2v) is 9.43. The zero-order valence-electron chi connectivity index (χ0n) is 19.5. The molecule has 4 aromatic rings. The average Bonchev–Trinajstić information content (AvgIpc) is 3.26. The number of benzene rings is 3. The van der Waals surface area contributed by atoms with E-state index in [1.807, 2.05) is 43.5 Å². The first-order valence-corrected chi connectivity index (χ1v) is 12.5. The number of aliphatic carboxylic acids is 1. The maximum atomic E-state index is 12.0. The van der Waals surface area contributed by atoms with E-state index in [1.54, 1.807) is 24.3 Å². The van der Waals surface area contributed by atoms with Crippen molar-refractivity contribution < 1.29 is 19.4 Å². The number of carbonyl (C=O) groups is 1. The van der Waals surface area contributed by atoms with Gasteiger partial charge in [0.2, 0.25) is 0 Å². The molecule has 1 aromatic heterocycles. The van der Waals surface area contributed by atoms with E-state index in [0.717, 1.165) is 27.6 Å². The van der Waals surface area contributed by atoms with Crippen LogP contribution in [0.15, 0.2) is 60.8 Å². The third-order valence-electron chi connectivity index (χ3n) is 5.69. The van der Waals surface area contributed by atoms with Crippen molar-refractivity contribution in [2.24, 2.45) is 0 Å². The molecular formula is C27H25Cl3N2O4. The van der Waals surface area contributed by atoms with Crippen LogP contribution in [0.5, 0.6) is 11.5 Å². The minimum Gasteiger partial charge on any atom is -0.490 e. The first kappa shape index (κ1) is 26.2. The van der Waals surface area contributed by atoms with Crippen molar-refractivity contribution in [3.8, 4) is 11.5 Å². The minimum atomic E-state index is -0.932. The Kier molecular flexibility index (Phi) is 8.64. The molecule has 0 aliphatic heterocycles. The number of aromatic nitrogens is 1. The normalized spacial score (nSPS) is 12.0. The summed E-state index contributed by atoms with van der Waals surface area (Å²) in [5, 5.41) is 15.2. The van der Waals surface area contributed by atoms with Gasteiger partial charge in [0.05, 0.1) is 21.7 Å². The number of rotatable bonds is 11. The predicted octanol–water partition coefficient (Wildman–Crippen LogP) is 6.89. The summed E-state index contributed by atoms with van der Waals surface area (Å²) in [5.41, 5.74) is 3.51. The zero-order valence-corrected chi connectivity index (χ0v) is 21.8. The van der Waals surface area contributed by atoms with Crippen LogP contribution in [0.25, 0.3) is 10.9 Å². The van der Waals surface area contributed by atoms with Crippen LogP contribution < -0.4 is 14.8 Å². The Balaban J connectivity index is 1.47. The van der Waals surface area contributed by atoms with Crippen molar-refractivity contribution in [1.82, 2.24) is 10.3 Å². The SMILES string of the molecule is CCOc1cc(CN[C@H](Cc2c[nH]c3ccccc23)C(=O)O)cc(Cl)c1OCc1ccc(Cl)c(Cl)c1. The van der Waals surface area contributed by atoms with E-state index in [9.17, 15) is 9.90 Å². The first-order chi connectivity index (χ1) is 17.4. The van der Waals surface area contributed by atoms with E-state index < -0.39 is 12.0 Å². The standard InChI is InChI=1S/C27H25Cl3N2O4/c1-2-35-25-11-17(10-22(30)26(25)36-15-16-7-8-20(28)21(29)9-16)13-31-24(27(33)34)12-18-14-32-23-6-4-3-5-19(18)23/h3-11,14,24,31-32H,2,12-13,15H2,1H3,(H,33,34)/t24-/m1/s1. The highest BCUT2D eigenvalue weighted by Gasteiger charge is 2.20. The van der Waals surface area contributed by atoms with Crippen molar-refractivity contribution in [3.63, 3.8) is 0 Å². The average molecular weight is 548 g/mol. The van der Waals surface area contributed by atoms with Crippen LogP contribution in [0, 0.1) is 0 Å². The highest BCUT2D eigenvalue weighted by atomic mass is 35.5. The number of ether oxygens (including phenoxy) is 2. The lowest BCUT2D eigenvalue weighted by molar-refractivity contribution is -0.139. The largest absolute Gasteiger partial charge is 0.490 e. The number of H-pyrrole nitrogens is 1. The van der Waals surface area contributed by atoms with Crippen molar-refractivity contribution in [3.05, 3.63) is 92.6 Å². The van der Waals surface area contributed by atoms with Gasteiger partial charge >= 0.3 is 5.97 Å². The number of hydrogen-bond acceptors (Lipinski definition) is 4. The summed E-state index contributed by atoms with van der Waals surface area (Å²) in [6.45, 7) is 2.78. The molecule has 0 fully saturated rings. The Morgan fingerprint density at radius 2 is 1.78 bits per heavy atom. The van der Waals surface area contributed by atoms with Crippen molar-refractivity contribution >= 4 is 51.7 Å². The highest BCUT2D eigenvalue weighted by Crippen LogP contribution is 2.37. The molecule has 1 heterocycles. The van der Waals surface area contributed by atoms with Gasteiger partial charge in [0.25, 0.3) is 0 Å². The van der Waals surface area contributed by atoms with E-state index in [1.165, 1.54) is 0 Å². The molecule has 9 heteroatoms. The van der Waals surface area contributed by atoms with Crippen molar-refractivity contribution in [2.45, 2.75) is 32.5 Å². The number of aromatic amines is 1. The Bertz CT molecular complexity index is 1370. The Morgan fingerprint density at radius 3 is 2.53 bits per heavy atom. The quantitative estimate of drug-likeness (QED) is 0.190. The Morgan fingerprint density at radius 1 is 1.00 bits per heavy atom. The summed E-state index contributed by atoms with van der Waals surface area (Å²) in [4.78, 5) is 15.2. The van der Waals surface area contributed by atoms with E-state index >= 15 is 0 Å². The van der Waals surface area contributed by atoms with Gasteiger partial charge in [-0.25, -0.2) is 0 Å². The van der Waals surface area contributed by atoms with E-state index in [-0.39, 0.29) is 13.2 Å². The van der Waals surface area contributed by atoms with E-state index in [4.69, 9.17) is 44.3 Å². The number of hydrogen-bond donors (Lipinski definition) is 3. The molecule has 4 rings (SSSR count). The van der Waals surface area contributed by atoms with Gasteiger partial charge in [-0.15, -0.1) is 0 Å². The monoisotopic (exact) mass is 546 g/mol. The highest BCUT2D eigenvalue weighted by molar-refractivity contribution is 6.42. The molecule has 1 atom stereocenters. The molecule has 0 saturated carbocycles. The van der Waals surface area contributed by atoms with Gasteiger partial charge in [-0.2, -0.15) is 0 Å². The fraction of sp³-hybridized carbons (Fsp3) is 0.222. The molecule has 0 aliphatic carbocycles. The Hall–Kier alpha value is -2.90. The van der Waals surface area contributed by atoms with Crippen LogP contribution in [-0.2, 0) is 24.4 Å². The van der Waals surface area contributed by atoms with Gasteiger partial charge in [0.1, 0.15) is 12.6 Å². The molecule has 3 aromatic carbocycles. The maximum Gasteiger partial charge on any atom is 0.321 e. The molecular weight excluding hydrogens is 523 g/mol. The topological polar surface area (TPSA) is 83.6 Å². The summed E-state index contributed by atoms with van der Waals surface area (Å²) in [6, 6.07) is 15.8. The summed E-state index contributed by atoms with van der Waals surface area (Å²) >= 11 is 18.6. The number of para-hydroxylation sites is 1. The van der Waals surface area contributed by atoms with Gasteiger partial charge in [0, 0.05) is 30.1 Å². The number of halogens is 3. The third-order valence-corrected chi connectivity index (χ3v) is 6.71. The first-order valence-electron chi connectivity index (χ1n) is 11.4. The smallest absolute Gasteiger partial charge is 0.321 e. The van der Waals surface area contributed by atoms with Crippen LogP contribution >= 0.6 is 34.8 Å². The van der Waals surface area contributed by atoms with Gasteiger partial charge in [-0.3, -0.25) is 4.79 Å². The number of carboxylic acid groups (broad SMARTS) is 1. The van der Waals surface area contributed by atoms with Crippen LogP contribution in [0.3, 0.4) is 0 Å². The molecule has 0 amide bonds. The third kappa shape index (κ3) is 6.26. The molecule has 3 N–H and O–H groups in total. The fourth-order valence-electron chi connectivity index (χ4n) is 3.92. The molecule has 0 bridgehead atoms. The second-order valence-electron chi connectivity index (χ2n) is 8.21. The molecule has 0 unspecified atom stereocenters. The summed E-state index contributed by atoms with van der Waals surface area (Å²) in [5.74, 6) is -0.0507. The van der Waals surface area contributed by atoms with Crippen molar-refractivity contribution in [1.29, 1.82) is 0 Å². The molecule has 0 spiro atoms. The molecule has 188 valence electrons. The lowest BCUT2D eigenvalue weighted by Gasteiger charge is -2.18. The Labute approximate surface area is 224 Å². The number of fused-ring (bicyclic) bond motifs is 1. The van der Waals surface area contributed by atoms with Crippen LogP contribution in [0.2, 0.25) is 15.1 Å². The molecule has 0 saturated heterocycles. The van der Waals surface area contributed by atoms with Crippen LogP contribution in [0.1, 0.15) is 23.6 Å². The molecule has 0 radical (unpaired) electrons. The lowest BCUT2D eigenvalue weighted by atomic mass is 10.0. The fourth-order valence-corrected chi connectivity index (χ4v) is 4.53. The number of carboxylic acids is 1. The minimum absolute atomic E-state index is 0.222. The predicted molar refractivity (Wildman–Crippen MR) is 144 cm³/mol. The summed E-state index contributed by atoms with van der Waals surface area (Å²) in [6.07, 6.45) is 2.18. The van der Waals surface area contributed by atoms with Crippen molar-refractivity contribution in [2.75, 3.05) is 6.61 Å². The molecule has 0 aliphatic rings. The van der Waals surface area contributed by atoms with Gasteiger partial charge in [-0.1, -0.05) is 59.1 Å². The molecule has 6 nitrogen and oxygen atoms in total. The van der Waals surface area contributed by atoms with E-state index in [0.29, 0.717) is 39.6 Å². The summed E-state index contributed by atoms with van der Waals surface area (Å²) < 4.78 is 11.7. The number of nitrogens with one attached hydrogen (secondary N) is 2.